The summed E-state index contributed by atoms with van der Waals surface area (Å²) in [5.74, 6) is -1.22. The van der Waals surface area contributed by atoms with Gasteiger partial charge < -0.3 is 31.5 Å². The van der Waals surface area contributed by atoms with Gasteiger partial charge in [0.15, 0.2) is 0 Å². The Bertz CT molecular complexity index is 1270. The second-order valence-electron chi connectivity index (χ2n) is 15.6. The van der Waals surface area contributed by atoms with Crippen LogP contribution in [0, 0.1) is 5.92 Å². The van der Waals surface area contributed by atoms with Crippen LogP contribution in [0.25, 0.3) is 0 Å². The Morgan fingerprint density at radius 3 is 2.11 bits per heavy atom. The molecule has 56 heavy (non-hydrogen) atoms. The molecule has 0 bridgehead atoms. The Labute approximate surface area is 333 Å². The molecule has 19 nitrogen and oxygen atoms in total. The third-order valence-corrected chi connectivity index (χ3v) is 13.0. The first-order chi connectivity index (χ1) is 26.9. The summed E-state index contributed by atoms with van der Waals surface area (Å²) in [7, 11) is 0. The van der Waals surface area contributed by atoms with Gasteiger partial charge in [0.2, 0.25) is 11.8 Å². The second kappa shape index (κ2) is 24.2. The first-order valence-electron chi connectivity index (χ1n) is 20.1. The van der Waals surface area contributed by atoms with Crippen LogP contribution in [0.3, 0.4) is 0 Å². The number of amides is 4. The number of carboxylic acid groups (broad SMARTS) is 2. The number of fused-ring (bicyclic) bond motifs is 1. The summed E-state index contributed by atoms with van der Waals surface area (Å²) in [5.41, 5.74) is 0. The summed E-state index contributed by atoms with van der Waals surface area (Å²) in [6.07, 6.45) is 6.53. The van der Waals surface area contributed by atoms with Crippen LogP contribution >= 0.6 is 11.8 Å². The molecule has 5 atom stereocenters. The Morgan fingerprint density at radius 1 is 0.857 bits per heavy atom. The van der Waals surface area contributed by atoms with Crippen LogP contribution in [-0.4, -0.2) is 197 Å². The van der Waals surface area contributed by atoms with Gasteiger partial charge in [0.25, 0.3) is 0 Å². The van der Waals surface area contributed by atoms with Crippen LogP contribution in [0.4, 0.5) is 4.79 Å². The summed E-state index contributed by atoms with van der Waals surface area (Å²) >= 11 is 1.85. The predicted octanol–water partition coefficient (Wildman–Crippen LogP) is 0.0206. The van der Waals surface area contributed by atoms with E-state index >= 15 is 0 Å². The molecule has 4 rings (SSSR count). The van der Waals surface area contributed by atoms with Crippen molar-refractivity contribution in [3.05, 3.63) is 0 Å². The van der Waals surface area contributed by atoms with Gasteiger partial charge in [-0.15, -0.1) is 0 Å². The van der Waals surface area contributed by atoms with Gasteiger partial charge >= 0.3 is 18.0 Å². The summed E-state index contributed by atoms with van der Waals surface area (Å²) in [4.78, 5) is 78.0. The second-order valence-corrected chi connectivity index (χ2v) is 16.9. The Balaban J connectivity index is 1.27. The van der Waals surface area contributed by atoms with Crippen LogP contribution in [-0.2, 0) is 29.0 Å². The minimum atomic E-state index is -0.974. The summed E-state index contributed by atoms with van der Waals surface area (Å²) in [5, 5.41) is 49.9. The van der Waals surface area contributed by atoms with Crippen molar-refractivity contribution in [1.29, 1.82) is 0 Å². The van der Waals surface area contributed by atoms with Gasteiger partial charge in [0, 0.05) is 88.4 Å². The molecular weight excluding hydrogens is 753 g/mol. The van der Waals surface area contributed by atoms with Gasteiger partial charge in [-0.1, -0.05) is 6.42 Å². The van der Waals surface area contributed by atoms with Gasteiger partial charge in [-0.3, -0.25) is 49.3 Å². The number of aliphatic carboxylic acids is 2. The highest BCUT2D eigenvalue weighted by atomic mass is 32.2. The Hall–Kier alpha value is -2.82. The lowest BCUT2D eigenvalue weighted by atomic mass is 9.81. The fraction of sp³-hybridized carbons (Fsp3) is 0.861. The van der Waals surface area contributed by atoms with E-state index in [0.717, 1.165) is 44.3 Å². The SMILES string of the molecule is CC(NC(=O)CCCCC1SCC2NC(=O)NC21)C(=O)NC1CCC(CC2CN(CC(=O)O)CCN(CCOO)CCN(CCOO)CCN2CC(=O)O)CC1. The molecule has 4 amide bonds. The topological polar surface area (TPSA) is 246 Å². The maximum Gasteiger partial charge on any atom is 0.317 e. The molecule has 320 valence electrons. The maximum absolute atomic E-state index is 13.1. The van der Waals surface area contributed by atoms with Crippen molar-refractivity contribution in [2.24, 2.45) is 5.92 Å². The standard InChI is InChI=1S/C36H64N8O11S/c1-25(37-31(45)5-3-2-4-30-34-29(24-56-30)39-36(51)40-34)35(50)38-27-8-6-26(7-9-27)20-28-21-43(22-32(46)47)13-12-41(16-18-54-52)10-11-42(17-19-55-53)14-15-44(28)23-33(48)49/h25-30,34,52-53H,2-24H2,1H3,(H,37,45)(H,38,50)(H,46,47)(H,48,49)(H2,39,40,51). The molecule has 8 N–H and O–H groups in total. The molecule has 0 radical (unpaired) electrons. The Morgan fingerprint density at radius 2 is 1.48 bits per heavy atom. The third-order valence-electron chi connectivity index (χ3n) is 11.5. The van der Waals surface area contributed by atoms with E-state index < -0.39 is 18.0 Å². The molecule has 4 aliphatic rings. The minimum Gasteiger partial charge on any atom is -0.480 e. The fourth-order valence-corrected chi connectivity index (χ4v) is 9.92. The minimum absolute atomic E-state index is 0.0532. The van der Waals surface area contributed by atoms with Crippen LogP contribution in [0.2, 0.25) is 0 Å². The number of urea groups is 1. The highest BCUT2D eigenvalue weighted by molar-refractivity contribution is 8.00. The van der Waals surface area contributed by atoms with Crippen LogP contribution < -0.4 is 21.3 Å². The highest BCUT2D eigenvalue weighted by Crippen LogP contribution is 2.33. The van der Waals surface area contributed by atoms with Crippen LogP contribution in [0.15, 0.2) is 0 Å². The van der Waals surface area contributed by atoms with Gasteiger partial charge in [0.1, 0.15) is 6.04 Å². The number of carbonyl (C=O) groups excluding carboxylic acids is 3. The summed E-state index contributed by atoms with van der Waals surface area (Å²) < 4.78 is 0. The lowest BCUT2D eigenvalue weighted by Gasteiger charge is -2.40. The number of rotatable bonds is 20. The van der Waals surface area contributed by atoms with E-state index in [0.29, 0.717) is 83.4 Å². The van der Waals surface area contributed by atoms with Gasteiger partial charge in [-0.25, -0.2) is 14.6 Å². The normalized spacial score (nSPS) is 27.9. The molecule has 5 unspecified atom stereocenters. The molecule has 1 aliphatic carbocycles. The third kappa shape index (κ3) is 15.8. The molecule has 0 aromatic heterocycles. The summed E-state index contributed by atoms with van der Waals surface area (Å²) in [6, 6.07) is -0.775. The number of nitrogens with zero attached hydrogens (tertiary/aromatic N) is 4. The zero-order valence-corrected chi connectivity index (χ0v) is 33.5. The van der Waals surface area contributed by atoms with E-state index in [1.165, 1.54) is 0 Å². The number of unbranched alkanes of at least 4 members (excludes halogenated alkanes) is 1. The average Bonchev–Trinajstić information content (AvgIpc) is 3.71. The predicted molar refractivity (Wildman–Crippen MR) is 207 cm³/mol. The van der Waals surface area contributed by atoms with Crippen molar-refractivity contribution in [3.8, 4) is 0 Å². The summed E-state index contributed by atoms with van der Waals surface area (Å²) in [6.45, 7) is 5.69. The molecule has 3 saturated heterocycles. The van der Waals surface area contributed by atoms with Crippen molar-refractivity contribution in [2.45, 2.75) is 100 Å². The monoisotopic (exact) mass is 816 g/mol. The quantitative estimate of drug-likeness (QED) is 0.0350. The lowest BCUT2D eigenvalue weighted by molar-refractivity contribution is -0.245. The maximum atomic E-state index is 13.1. The Kier molecular flexibility index (Phi) is 19.8. The van der Waals surface area contributed by atoms with E-state index in [1.807, 2.05) is 21.6 Å². The number of hydrogen-bond acceptors (Lipinski definition) is 14. The number of carbonyl (C=O) groups is 5. The molecule has 4 fully saturated rings. The average molecular weight is 817 g/mol. The van der Waals surface area contributed by atoms with Crippen molar-refractivity contribution < 1.29 is 54.5 Å². The number of nitrogens with one attached hydrogen (secondary N) is 4. The number of thioether (sulfide) groups is 1. The smallest absolute Gasteiger partial charge is 0.317 e. The van der Waals surface area contributed by atoms with Gasteiger partial charge in [-0.2, -0.15) is 11.8 Å². The van der Waals surface area contributed by atoms with Crippen molar-refractivity contribution >= 4 is 41.5 Å². The van der Waals surface area contributed by atoms with E-state index in [4.69, 9.17) is 10.5 Å². The molecular formula is C36H64N8O11S. The van der Waals surface area contributed by atoms with E-state index in [9.17, 15) is 34.2 Å². The van der Waals surface area contributed by atoms with Crippen molar-refractivity contribution in [1.82, 2.24) is 40.9 Å². The zero-order chi connectivity index (χ0) is 40.5. The molecule has 3 heterocycles. The largest absolute Gasteiger partial charge is 0.480 e. The molecule has 20 heteroatoms. The molecule has 0 spiro atoms. The van der Waals surface area contributed by atoms with Crippen molar-refractivity contribution in [3.63, 3.8) is 0 Å². The molecule has 0 aromatic carbocycles. The molecule has 1 saturated carbocycles. The first kappa shape index (κ1) is 45.9. The van der Waals surface area contributed by atoms with E-state index in [2.05, 4.69) is 40.8 Å². The fourth-order valence-electron chi connectivity index (χ4n) is 8.38. The van der Waals surface area contributed by atoms with E-state index in [1.54, 1.807) is 6.92 Å². The number of carboxylic acids is 2. The number of hydrogen-bond donors (Lipinski definition) is 8. The van der Waals surface area contributed by atoms with Gasteiger partial charge in [-0.05, 0) is 57.8 Å². The van der Waals surface area contributed by atoms with Crippen LogP contribution in [0.5, 0.6) is 0 Å². The van der Waals surface area contributed by atoms with E-state index in [-0.39, 0.29) is 74.2 Å². The lowest BCUT2D eigenvalue weighted by Crippen LogP contribution is -2.53. The zero-order valence-electron chi connectivity index (χ0n) is 32.6. The molecule has 0 aromatic rings. The first-order valence-corrected chi connectivity index (χ1v) is 21.1. The molecule has 3 aliphatic heterocycles. The highest BCUT2D eigenvalue weighted by Gasteiger charge is 2.42. The van der Waals surface area contributed by atoms with Crippen molar-refractivity contribution in [2.75, 3.05) is 91.0 Å². The van der Waals surface area contributed by atoms with Gasteiger partial charge in [0.05, 0.1) is 38.4 Å². The van der Waals surface area contributed by atoms with Crippen LogP contribution in [0.1, 0.15) is 64.7 Å².